The number of aromatic nitrogens is 1. The lowest BCUT2D eigenvalue weighted by Gasteiger charge is -2.09. The predicted octanol–water partition coefficient (Wildman–Crippen LogP) is 3.42. The van der Waals surface area contributed by atoms with Gasteiger partial charge in [-0.1, -0.05) is 18.2 Å². The highest BCUT2D eigenvalue weighted by Gasteiger charge is 2.18. The molecule has 4 heteroatoms. The summed E-state index contributed by atoms with van der Waals surface area (Å²) in [6.45, 7) is 0. The zero-order chi connectivity index (χ0) is 14.8. The number of para-hydroxylation sites is 1. The Morgan fingerprint density at radius 3 is 2.57 bits per heavy atom. The number of hydrogen-bond acceptors (Lipinski definition) is 3. The van der Waals surface area contributed by atoms with Gasteiger partial charge in [0.25, 0.3) is 0 Å². The topological polar surface area (TPSA) is 51.3 Å². The Balaban J connectivity index is 2.10. The molecule has 2 aromatic carbocycles. The number of ketones is 1. The highest BCUT2D eigenvalue weighted by molar-refractivity contribution is 6.17. The van der Waals surface area contributed by atoms with Crippen molar-refractivity contribution in [3.05, 3.63) is 59.8 Å². The Hall–Kier alpha value is -2.75. The Bertz CT molecular complexity index is 805. The minimum absolute atomic E-state index is 0.0769. The molecule has 0 aliphatic heterocycles. The van der Waals surface area contributed by atoms with Gasteiger partial charge in [-0.15, -0.1) is 0 Å². The van der Waals surface area contributed by atoms with E-state index in [2.05, 4.69) is 4.98 Å². The number of ether oxygens (including phenoxy) is 2. The van der Waals surface area contributed by atoms with Crippen molar-refractivity contribution in [2.45, 2.75) is 0 Å². The van der Waals surface area contributed by atoms with Gasteiger partial charge in [-0.3, -0.25) is 4.79 Å². The molecule has 4 nitrogen and oxygen atoms in total. The third-order valence-corrected chi connectivity index (χ3v) is 3.49. The number of fused-ring (bicyclic) bond motifs is 1. The number of carbonyl (C=O) groups excluding carboxylic acids is 1. The number of aromatic amines is 1. The van der Waals surface area contributed by atoms with Crippen LogP contribution in [0.2, 0.25) is 0 Å². The molecule has 1 aromatic heterocycles. The zero-order valence-electron chi connectivity index (χ0n) is 11.8. The maximum atomic E-state index is 12.8. The van der Waals surface area contributed by atoms with E-state index in [0.717, 1.165) is 10.9 Å². The third kappa shape index (κ3) is 2.25. The molecular weight excluding hydrogens is 266 g/mol. The zero-order valence-corrected chi connectivity index (χ0v) is 11.8. The highest BCUT2D eigenvalue weighted by Crippen LogP contribution is 2.29. The van der Waals surface area contributed by atoms with Crippen LogP contribution in [0.1, 0.15) is 15.9 Å². The van der Waals surface area contributed by atoms with Gasteiger partial charge in [-0.05, 0) is 18.2 Å². The second-order valence-corrected chi connectivity index (χ2v) is 4.64. The van der Waals surface area contributed by atoms with Gasteiger partial charge in [0, 0.05) is 28.7 Å². The molecule has 0 fully saturated rings. The molecule has 21 heavy (non-hydrogen) atoms. The first kappa shape index (κ1) is 13.2. The first-order chi connectivity index (χ1) is 10.2. The third-order valence-electron chi connectivity index (χ3n) is 3.49. The lowest BCUT2D eigenvalue weighted by molar-refractivity contribution is 0.103. The van der Waals surface area contributed by atoms with E-state index >= 15 is 0 Å². The molecule has 3 rings (SSSR count). The van der Waals surface area contributed by atoms with Gasteiger partial charge in [0.15, 0.2) is 5.78 Å². The van der Waals surface area contributed by atoms with Crippen LogP contribution in [-0.2, 0) is 0 Å². The van der Waals surface area contributed by atoms with Crippen molar-refractivity contribution in [2.75, 3.05) is 14.2 Å². The van der Waals surface area contributed by atoms with Crippen molar-refractivity contribution in [3.8, 4) is 11.5 Å². The van der Waals surface area contributed by atoms with E-state index in [1.807, 2.05) is 24.3 Å². The first-order valence-corrected chi connectivity index (χ1v) is 6.57. The van der Waals surface area contributed by atoms with E-state index in [9.17, 15) is 4.79 Å². The molecular formula is C17H15NO3. The SMILES string of the molecule is COc1ccc(C(=O)c2c[nH]c3ccccc23)c(OC)c1. The molecule has 1 N–H and O–H groups in total. The van der Waals surface area contributed by atoms with E-state index in [1.54, 1.807) is 38.6 Å². The van der Waals surface area contributed by atoms with Gasteiger partial charge >= 0.3 is 0 Å². The van der Waals surface area contributed by atoms with Crippen LogP contribution in [0.15, 0.2) is 48.7 Å². The molecule has 0 spiro atoms. The van der Waals surface area contributed by atoms with Crippen molar-refractivity contribution in [2.24, 2.45) is 0 Å². The smallest absolute Gasteiger partial charge is 0.198 e. The van der Waals surface area contributed by atoms with Gasteiger partial charge in [0.2, 0.25) is 0 Å². The monoisotopic (exact) mass is 281 g/mol. The van der Waals surface area contributed by atoms with Crippen LogP contribution in [-0.4, -0.2) is 25.0 Å². The fourth-order valence-corrected chi connectivity index (χ4v) is 2.39. The Labute approximate surface area is 122 Å². The van der Waals surface area contributed by atoms with E-state index in [1.165, 1.54) is 0 Å². The van der Waals surface area contributed by atoms with Crippen LogP contribution in [0, 0.1) is 0 Å². The van der Waals surface area contributed by atoms with Crippen LogP contribution in [0.4, 0.5) is 0 Å². The summed E-state index contributed by atoms with van der Waals surface area (Å²) in [5, 5.41) is 0.903. The lowest BCUT2D eigenvalue weighted by atomic mass is 10.0. The summed E-state index contributed by atoms with van der Waals surface area (Å²) in [6, 6.07) is 12.9. The normalized spacial score (nSPS) is 10.6. The molecule has 1 heterocycles. The molecule has 0 aliphatic rings. The van der Waals surface area contributed by atoms with Gasteiger partial charge in [-0.2, -0.15) is 0 Å². The first-order valence-electron chi connectivity index (χ1n) is 6.57. The number of carbonyl (C=O) groups is 1. The number of nitrogens with one attached hydrogen (secondary N) is 1. The molecule has 0 radical (unpaired) electrons. The van der Waals surface area contributed by atoms with Crippen LogP contribution in [0.5, 0.6) is 11.5 Å². The Morgan fingerprint density at radius 2 is 1.81 bits per heavy atom. The molecule has 0 bridgehead atoms. The minimum atomic E-state index is -0.0769. The van der Waals surface area contributed by atoms with Crippen molar-refractivity contribution < 1.29 is 14.3 Å². The van der Waals surface area contributed by atoms with E-state index in [-0.39, 0.29) is 5.78 Å². The molecule has 0 atom stereocenters. The van der Waals surface area contributed by atoms with Gasteiger partial charge in [0.05, 0.1) is 19.8 Å². The average molecular weight is 281 g/mol. The van der Waals surface area contributed by atoms with Crippen LogP contribution in [0.3, 0.4) is 0 Å². The van der Waals surface area contributed by atoms with Crippen molar-refractivity contribution in [3.63, 3.8) is 0 Å². The maximum absolute atomic E-state index is 12.8. The van der Waals surface area contributed by atoms with Gasteiger partial charge in [-0.25, -0.2) is 0 Å². The summed E-state index contributed by atoms with van der Waals surface area (Å²) < 4.78 is 10.5. The summed E-state index contributed by atoms with van der Waals surface area (Å²) >= 11 is 0. The summed E-state index contributed by atoms with van der Waals surface area (Å²) in [5.41, 5.74) is 2.09. The number of benzene rings is 2. The number of H-pyrrole nitrogens is 1. The maximum Gasteiger partial charge on any atom is 0.198 e. The summed E-state index contributed by atoms with van der Waals surface area (Å²) in [7, 11) is 3.12. The molecule has 0 saturated heterocycles. The molecule has 0 amide bonds. The van der Waals surface area contributed by atoms with Gasteiger partial charge < -0.3 is 14.5 Å². The van der Waals surface area contributed by atoms with Crippen LogP contribution >= 0.6 is 0 Å². The number of methoxy groups -OCH3 is 2. The van der Waals surface area contributed by atoms with Crippen LogP contribution in [0.25, 0.3) is 10.9 Å². The number of rotatable bonds is 4. The van der Waals surface area contributed by atoms with Crippen molar-refractivity contribution in [1.82, 2.24) is 4.98 Å². The quantitative estimate of drug-likeness (QED) is 0.745. The summed E-state index contributed by atoms with van der Waals surface area (Å²) in [5.74, 6) is 1.08. The van der Waals surface area contributed by atoms with Crippen molar-refractivity contribution >= 4 is 16.7 Å². The second kappa shape index (κ2) is 5.32. The highest BCUT2D eigenvalue weighted by atomic mass is 16.5. The predicted molar refractivity (Wildman–Crippen MR) is 81.3 cm³/mol. The van der Waals surface area contributed by atoms with Gasteiger partial charge in [0.1, 0.15) is 11.5 Å². The van der Waals surface area contributed by atoms with E-state index in [4.69, 9.17) is 9.47 Å². The molecule has 106 valence electrons. The fraction of sp³-hybridized carbons (Fsp3) is 0.118. The molecule has 3 aromatic rings. The average Bonchev–Trinajstić information content (AvgIpc) is 2.97. The summed E-state index contributed by atoms with van der Waals surface area (Å²) in [6.07, 6.45) is 1.73. The van der Waals surface area contributed by atoms with E-state index in [0.29, 0.717) is 22.6 Å². The van der Waals surface area contributed by atoms with Crippen LogP contribution < -0.4 is 9.47 Å². The van der Waals surface area contributed by atoms with E-state index < -0.39 is 0 Å². The molecule has 0 saturated carbocycles. The van der Waals surface area contributed by atoms with Crippen molar-refractivity contribution in [1.29, 1.82) is 0 Å². The minimum Gasteiger partial charge on any atom is -0.497 e. The fourth-order valence-electron chi connectivity index (χ4n) is 2.39. The molecule has 0 aliphatic carbocycles. The number of hydrogen-bond donors (Lipinski definition) is 1. The Kier molecular flexibility index (Phi) is 3.36. The molecule has 0 unspecified atom stereocenters. The second-order valence-electron chi connectivity index (χ2n) is 4.64. The lowest BCUT2D eigenvalue weighted by Crippen LogP contribution is -2.03. The Morgan fingerprint density at radius 1 is 1.00 bits per heavy atom. The largest absolute Gasteiger partial charge is 0.497 e. The standard InChI is InChI=1S/C17H15NO3/c1-20-11-7-8-13(16(9-11)21-2)17(19)14-10-18-15-6-4-3-5-12(14)15/h3-10,18H,1-2H3. The summed E-state index contributed by atoms with van der Waals surface area (Å²) in [4.78, 5) is 15.9.